The molecule has 4 rings (SSSR count). The van der Waals surface area contributed by atoms with Gasteiger partial charge in [-0.3, -0.25) is 4.79 Å². The molecule has 30 heavy (non-hydrogen) atoms. The minimum Gasteiger partial charge on any atom is -0.342 e. The average molecular weight is 407 g/mol. The number of hydrogen-bond acceptors (Lipinski definition) is 4. The van der Waals surface area contributed by atoms with Crippen molar-refractivity contribution in [3.05, 3.63) is 71.9 Å². The molecule has 5 nitrogen and oxygen atoms in total. The van der Waals surface area contributed by atoms with Crippen LogP contribution in [0, 0.1) is 11.7 Å². The smallest absolute Gasteiger partial charge is 0.230 e. The lowest BCUT2D eigenvalue weighted by molar-refractivity contribution is -0.134. The van der Waals surface area contributed by atoms with Gasteiger partial charge < -0.3 is 9.42 Å². The van der Waals surface area contributed by atoms with E-state index in [1.807, 2.05) is 35.2 Å². The van der Waals surface area contributed by atoms with Gasteiger partial charge in [0.05, 0.1) is 11.5 Å². The van der Waals surface area contributed by atoms with Gasteiger partial charge in [-0.1, -0.05) is 54.5 Å². The first-order valence-electron chi connectivity index (χ1n) is 10.6. The molecule has 0 radical (unpaired) electrons. The molecule has 2 atom stereocenters. The third-order valence-electron chi connectivity index (χ3n) is 5.79. The molecule has 0 bridgehead atoms. The summed E-state index contributed by atoms with van der Waals surface area (Å²) in [6, 6.07) is 16.4. The van der Waals surface area contributed by atoms with E-state index in [-0.39, 0.29) is 29.4 Å². The van der Waals surface area contributed by atoms with Gasteiger partial charge in [0, 0.05) is 19.5 Å². The summed E-state index contributed by atoms with van der Waals surface area (Å²) < 4.78 is 19.3. The van der Waals surface area contributed by atoms with Crippen LogP contribution in [-0.4, -0.2) is 34.0 Å². The summed E-state index contributed by atoms with van der Waals surface area (Å²) in [6.45, 7) is 3.52. The van der Waals surface area contributed by atoms with Gasteiger partial charge in [-0.05, 0) is 42.9 Å². The van der Waals surface area contributed by atoms with Crippen LogP contribution in [0.15, 0.2) is 59.1 Å². The molecule has 0 spiro atoms. The molecular formula is C24H26FN3O2. The monoisotopic (exact) mass is 407 g/mol. The number of amides is 1. The minimum atomic E-state index is -0.370. The van der Waals surface area contributed by atoms with Crippen LogP contribution in [-0.2, 0) is 11.2 Å². The van der Waals surface area contributed by atoms with Crippen molar-refractivity contribution in [2.45, 2.75) is 38.5 Å². The molecule has 2 heterocycles. The summed E-state index contributed by atoms with van der Waals surface area (Å²) in [5.74, 6) is 0.715. The van der Waals surface area contributed by atoms with E-state index in [2.05, 4.69) is 17.1 Å². The van der Waals surface area contributed by atoms with Crippen molar-refractivity contribution in [3.8, 4) is 11.4 Å². The summed E-state index contributed by atoms with van der Waals surface area (Å²) in [5, 5.41) is 3.94. The van der Waals surface area contributed by atoms with Gasteiger partial charge in [-0.2, -0.15) is 4.98 Å². The van der Waals surface area contributed by atoms with Crippen LogP contribution >= 0.6 is 0 Å². The number of halogens is 1. The van der Waals surface area contributed by atoms with Crippen molar-refractivity contribution in [1.29, 1.82) is 0 Å². The maximum atomic E-state index is 14.0. The lowest BCUT2D eigenvalue weighted by Gasteiger charge is -2.34. The number of piperidine rings is 1. The second-order valence-electron chi connectivity index (χ2n) is 7.86. The van der Waals surface area contributed by atoms with E-state index in [0.717, 1.165) is 31.4 Å². The molecule has 1 fully saturated rings. The summed E-state index contributed by atoms with van der Waals surface area (Å²) >= 11 is 0. The largest absolute Gasteiger partial charge is 0.342 e. The number of aromatic nitrogens is 2. The fraction of sp³-hybridized carbons (Fsp3) is 0.375. The number of nitrogens with zero attached hydrogens (tertiary/aromatic N) is 3. The topological polar surface area (TPSA) is 59.2 Å². The maximum Gasteiger partial charge on any atom is 0.230 e. The Hall–Kier alpha value is -3.02. The fourth-order valence-electron chi connectivity index (χ4n) is 4.23. The Balaban J connectivity index is 1.42. The normalized spacial score (nSPS) is 17.7. The van der Waals surface area contributed by atoms with Gasteiger partial charge in [0.2, 0.25) is 17.6 Å². The Bertz CT molecular complexity index is 989. The predicted molar refractivity (Wildman–Crippen MR) is 112 cm³/mol. The van der Waals surface area contributed by atoms with Crippen molar-refractivity contribution in [3.63, 3.8) is 0 Å². The van der Waals surface area contributed by atoms with Crippen LogP contribution in [0.1, 0.15) is 43.6 Å². The molecule has 0 N–H and O–H groups in total. The third-order valence-corrected chi connectivity index (χ3v) is 5.79. The van der Waals surface area contributed by atoms with Gasteiger partial charge in [-0.25, -0.2) is 4.39 Å². The summed E-state index contributed by atoms with van der Waals surface area (Å²) in [4.78, 5) is 19.5. The zero-order valence-electron chi connectivity index (χ0n) is 17.1. The second kappa shape index (κ2) is 9.20. The second-order valence-corrected chi connectivity index (χ2v) is 7.86. The molecule has 156 valence electrons. The number of carbonyl (C=O) groups excluding carboxylic acids is 1. The summed E-state index contributed by atoms with van der Waals surface area (Å²) in [5.41, 5.74) is 1.40. The lowest BCUT2D eigenvalue weighted by Crippen LogP contribution is -2.42. The molecule has 0 aliphatic carbocycles. The number of hydrogen-bond donors (Lipinski definition) is 0. The van der Waals surface area contributed by atoms with E-state index in [0.29, 0.717) is 24.4 Å². The Morgan fingerprint density at radius 3 is 2.73 bits per heavy atom. The van der Waals surface area contributed by atoms with E-state index < -0.39 is 0 Å². The first-order valence-corrected chi connectivity index (χ1v) is 10.6. The quantitative estimate of drug-likeness (QED) is 0.586. The molecule has 2 aromatic carbocycles. The van der Waals surface area contributed by atoms with E-state index in [9.17, 15) is 9.18 Å². The lowest BCUT2D eigenvalue weighted by atomic mass is 9.91. The van der Waals surface area contributed by atoms with Crippen LogP contribution in [0.2, 0.25) is 0 Å². The highest BCUT2D eigenvalue weighted by molar-refractivity contribution is 5.83. The SMILES string of the molecule is CC[C@H](C(=O)N1CCC[C@H](Cc2nc(-c3ccccc3F)no2)C1)c1ccccc1. The van der Waals surface area contributed by atoms with Crippen molar-refractivity contribution in [1.82, 2.24) is 15.0 Å². The summed E-state index contributed by atoms with van der Waals surface area (Å²) in [6.07, 6.45) is 3.33. The van der Waals surface area contributed by atoms with Gasteiger partial charge in [-0.15, -0.1) is 0 Å². The van der Waals surface area contributed by atoms with Crippen LogP contribution in [0.25, 0.3) is 11.4 Å². The number of benzene rings is 2. The van der Waals surface area contributed by atoms with Crippen molar-refractivity contribution in [2.75, 3.05) is 13.1 Å². The molecule has 0 unspecified atom stereocenters. The van der Waals surface area contributed by atoms with Crippen LogP contribution in [0.5, 0.6) is 0 Å². The molecule has 1 aromatic heterocycles. The molecule has 1 amide bonds. The molecule has 6 heteroatoms. The van der Waals surface area contributed by atoms with Gasteiger partial charge >= 0.3 is 0 Å². The standard InChI is InChI=1S/C24H26FN3O2/c1-2-19(18-10-4-3-5-11-18)24(29)28-14-8-9-17(16-28)15-22-26-23(27-30-22)20-12-6-7-13-21(20)25/h3-7,10-13,17,19H,2,8-9,14-16H2,1H3/t17-,19+/m1/s1. The van der Waals surface area contributed by atoms with Crippen LogP contribution in [0.3, 0.4) is 0 Å². The van der Waals surface area contributed by atoms with E-state index in [4.69, 9.17) is 4.52 Å². The van der Waals surface area contributed by atoms with E-state index in [1.54, 1.807) is 18.2 Å². The molecule has 1 aliphatic rings. The van der Waals surface area contributed by atoms with Crippen molar-refractivity contribution < 1.29 is 13.7 Å². The van der Waals surface area contributed by atoms with Crippen molar-refractivity contribution >= 4 is 5.91 Å². The zero-order valence-corrected chi connectivity index (χ0v) is 17.1. The van der Waals surface area contributed by atoms with Gasteiger partial charge in [0.25, 0.3) is 0 Å². The first-order chi connectivity index (χ1) is 14.7. The average Bonchev–Trinajstić information content (AvgIpc) is 3.23. The highest BCUT2D eigenvalue weighted by atomic mass is 19.1. The van der Waals surface area contributed by atoms with Gasteiger partial charge in [0.1, 0.15) is 5.82 Å². The summed E-state index contributed by atoms with van der Waals surface area (Å²) in [7, 11) is 0. The number of likely N-dealkylation sites (tertiary alicyclic amines) is 1. The van der Waals surface area contributed by atoms with Crippen molar-refractivity contribution in [2.24, 2.45) is 5.92 Å². The Morgan fingerprint density at radius 1 is 1.20 bits per heavy atom. The molecule has 1 saturated heterocycles. The molecule has 0 saturated carbocycles. The third kappa shape index (κ3) is 4.42. The van der Waals surface area contributed by atoms with Crippen LogP contribution < -0.4 is 0 Å². The number of carbonyl (C=O) groups is 1. The Labute approximate surface area is 175 Å². The first kappa shape index (κ1) is 20.3. The van der Waals surface area contributed by atoms with E-state index >= 15 is 0 Å². The number of rotatable bonds is 6. The molecule has 1 aliphatic heterocycles. The highest BCUT2D eigenvalue weighted by Crippen LogP contribution is 2.27. The van der Waals surface area contributed by atoms with Crippen LogP contribution in [0.4, 0.5) is 4.39 Å². The highest BCUT2D eigenvalue weighted by Gasteiger charge is 2.30. The Morgan fingerprint density at radius 2 is 1.97 bits per heavy atom. The predicted octanol–water partition coefficient (Wildman–Crippen LogP) is 4.85. The molecular weight excluding hydrogens is 381 g/mol. The Kier molecular flexibility index (Phi) is 6.21. The minimum absolute atomic E-state index is 0.110. The van der Waals surface area contributed by atoms with E-state index in [1.165, 1.54) is 6.07 Å². The maximum absolute atomic E-state index is 14.0. The zero-order chi connectivity index (χ0) is 20.9. The van der Waals surface area contributed by atoms with Gasteiger partial charge in [0.15, 0.2) is 0 Å². The molecule has 3 aromatic rings. The fourth-order valence-corrected chi connectivity index (χ4v) is 4.23.